The van der Waals surface area contributed by atoms with E-state index in [9.17, 15) is 0 Å². The first-order chi connectivity index (χ1) is 9.38. The lowest BCUT2D eigenvalue weighted by atomic mass is 9.68. The summed E-state index contributed by atoms with van der Waals surface area (Å²) in [5.41, 5.74) is 0.462. The molecule has 0 aromatic rings. The number of nitrogens with one attached hydrogen (secondary N) is 2. The van der Waals surface area contributed by atoms with E-state index in [-0.39, 0.29) is 0 Å². The number of piperidine rings is 2. The highest BCUT2D eigenvalue weighted by Gasteiger charge is 2.35. The van der Waals surface area contributed by atoms with Gasteiger partial charge in [-0.2, -0.15) is 0 Å². The molecule has 0 saturated carbocycles. The van der Waals surface area contributed by atoms with Gasteiger partial charge in [0.2, 0.25) is 0 Å². The van der Waals surface area contributed by atoms with Crippen LogP contribution in [-0.4, -0.2) is 25.7 Å². The summed E-state index contributed by atoms with van der Waals surface area (Å²) in [6, 6.07) is 0.747. The molecule has 0 bridgehead atoms. The van der Waals surface area contributed by atoms with Crippen molar-refractivity contribution >= 4 is 0 Å². The summed E-state index contributed by atoms with van der Waals surface area (Å²) in [4.78, 5) is 0. The second-order valence-corrected chi connectivity index (χ2v) is 8.58. The largest absolute Gasteiger partial charge is 0.316 e. The van der Waals surface area contributed by atoms with E-state index in [4.69, 9.17) is 0 Å². The topological polar surface area (TPSA) is 24.1 Å². The molecule has 0 radical (unpaired) electrons. The summed E-state index contributed by atoms with van der Waals surface area (Å²) < 4.78 is 0. The minimum Gasteiger partial charge on any atom is -0.316 e. The molecule has 118 valence electrons. The Morgan fingerprint density at radius 2 is 1.85 bits per heavy atom. The molecule has 4 atom stereocenters. The third-order valence-electron chi connectivity index (χ3n) is 5.95. The lowest BCUT2D eigenvalue weighted by Gasteiger charge is -2.43. The predicted octanol–water partition coefficient (Wildman–Crippen LogP) is 3.67. The van der Waals surface area contributed by atoms with Crippen molar-refractivity contribution < 1.29 is 0 Å². The van der Waals surface area contributed by atoms with Crippen LogP contribution in [0.1, 0.15) is 60.3 Å². The highest BCUT2D eigenvalue weighted by Crippen LogP contribution is 2.39. The zero-order valence-electron chi connectivity index (χ0n) is 14.3. The summed E-state index contributed by atoms with van der Waals surface area (Å²) in [5.74, 6) is 3.42. The number of rotatable bonds is 4. The van der Waals surface area contributed by atoms with Crippen LogP contribution >= 0.6 is 0 Å². The summed E-state index contributed by atoms with van der Waals surface area (Å²) in [6.07, 6.45) is 5.55. The van der Waals surface area contributed by atoms with Crippen molar-refractivity contribution in [2.45, 2.75) is 66.3 Å². The highest BCUT2D eigenvalue weighted by atomic mass is 14.9. The van der Waals surface area contributed by atoms with Crippen molar-refractivity contribution in [3.8, 4) is 0 Å². The Hall–Kier alpha value is -0.0800. The van der Waals surface area contributed by atoms with Crippen LogP contribution < -0.4 is 10.6 Å². The van der Waals surface area contributed by atoms with E-state index in [1.807, 2.05) is 0 Å². The fraction of sp³-hybridized carbons (Fsp3) is 1.00. The van der Waals surface area contributed by atoms with Crippen LogP contribution in [0.3, 0.4) is 0 Å². The smallest absolute Gasteiger partial charge is 0.00724 e. The zero-order valence-corrected chi connectivity index (χ0v) is 14.3. The number of hydrogen-bond acceptors (Lipinski definition) is 2. The van der Waals surface area contributed by atoms with E-state index in [2.05, 4.69) is 45.3 Å². The van der Waals surface area contributed by atoms with E-state index < -0.39 is 0 Å². The Morgan fingerprint density at radius 1 is 1.10 bits per heavy atom. The van der Waals surface area contributed by atoms with E-state index in [1.165, 1.54) is 45.3 Å². The van der Waals surface area contributed by atoms with Gasteiger partial charge in [0, 0.05) is 6.04 Å². The summed E-state index contributed by atoms with van der Waals surface area (Å²) in [5, 5.41) is 7.47. The zero-order chi connectivity index (χ0) is 14.8. The Morgan fingerprint density at radius 3 is 2.40 bits per heavy atom. The van der Waals surface area contributed by atoms with Crippen molar-refractivity contribution in [1.82, 2.24) is 10.6 Å². The van der Waals surface area contributed by atoms with Crippen LogP contribution in [0.25, 0.3) is 0 Å². The standard InChI is InChI=1S/C18H36N2/c1-13(2)15-6-7-17(20-11-15)9-18(4,5)16-8-14(3)10-19-12-16/h13-17,19-20H,6-12H2,1-5H3/t14-,15-,16-,17+/m0/s1. The van der Waals surface area contributed by atoms with Crippen LogP contribution in [0.15, 0.2) is 0 Å². The van der Waals surface area contributed by atoms with Gasteiger partial charge in [0.25, 0.3) is 0 Å². The normalized spacial score (nSPS) is 36.3. The van der Waals surface area contributed by atoms with Gasteiger partial charge in [0.05, 0.1) is 0 Å². The minimum absolute atomic E-state index is 0.462. The second kappa shape index (κ2) is 6.79. The average molecular weight is 280 g/mol. The molecule has 2 N–H and O–H groups in total. The fourth-order valence-electron chi connectivity index (χ4n) is 4.23. The maximum absolute atomic E-state index is 3.84. The molecule has 2 aliphatic rings. The second-order valence-electron chi connectivity index (χ2n) is 8.58. The molecule has 2 heterocycles. The van der Waals surface area contributed by atoms with Gasteiger partial charge in [0.15, 0.2) is 0 Å². The molecule has 2 rings (SSSR count). The van der Waals surface area contributed by atoms with Crippen molar-refractivity contribution in [2.24, 2.45) is 29.1 Å². The van der Waals surface area contributed by atoms with Crippen LogP contribution in [0.5, 0.6) is 0 Å². The van der Waals surface area contributed by atoms with E-state index in [1.54, 1.807) is 0 Å². The first-order valence-corrected chi connectivity index (χ1v) is 8.82. The van der Waals surface area contributed by atoms with Gasteiger partial charge in [-0.25, -0.2) is 0 Å². The van der Waals surface area contributed by atoms with Gasteiger partial charge in [-0.3, -0.25) is 0 Å². The van der Waals surface area contributed by atoms with Gasteiger partial charge in [-0.15, -0.1) is 0 Å². The quantitative estimate of drug-likeness (QED) is 0.821. The van der Waals surface area contributed by atoms with Gasteiger partial charge >= 0.3 is 0 Å². The molecule has 0 aromatic heterocycles. The highest BCUT2D eigenvalue weighted by molar-refractivity contribution is 4.90. The molecule has 0 aromatic carbocycles. The van der Waals surface area contributed by atoms with E-state index in [0.29, 0.717) is 5.41 Å². The maximum Gasteiger partial charge on any atom is 0.00724 e. The third-order valence-corrected chi connectivity index (χ3v) is 5.95. The average Bonchev–Trinajstić information content (AvgIpc) is 2.39. The Balaban J connectivity index is 1.83. The van der Waals surface area contributed by atoms with Gasteiger partial charge in [0.1, 0.15) is 0 Å². The molecule has 2 nitrogen and oxygen atoms in total. The molecular weight excluding hydrogens is 244 g/mol. The molecule has 0 amide bonds. The predicted molar refractivity (Wildman–Crippen MR) is 87.9 cm³/mol. The lowest BCUT2D eigenvalue weighted by molar-refractivity contribution is 0.107. The minimum atomic E-state index is 0.462. The van der Waals surface area contributed by atoms with Crippen molar-refractivity contribution in [2.75, 3.05) is 19.6 Å². The lowest BCUT2D eigenvalue weighted by Crippen LogP contribution is -2.47. The summed E-state index contributed by atoms with van der Waals surface area (Å²) >= 11 is 0. The molecule has 0 aliphatic carbocycles. The van der Waals surface area contributed by atoms with Gasteiger partial charge < -0.3 is 10.6 Å². The first-order valence-electron chi connectivity index (χ1n) is 8.82. The first kappa shape index (κ1) is 16.3. The van der Waals surface area contributed by atoms with Crippen LogP contribution in [0.4, 0.5) is 0 Å². The molecule has 2 heteroatoms. The van der Waals surface area contributed by atoms with Crippen LogP contribution in [0.2, 0.25) is 0 Å². The van der Waals surface area contributed by atoms with E-state index in [0.717, 1.165) is 29.7 Å². The van der Waals surface area contributed by atoms with Crippen molar-refractivity contribution in [3.63, 3.8) is 0 Å². The van der Waals surface area contributed by atoms with Gasteiger partial charge in [-0.1, -0.05) is 34.6 Å². The Bertz CT molecular complexity index is 290. The van der Waals surface area contributed by atoms with Crippen molar-refractivity contribution in [1.29, 1.82) is 0 Å². The fourth-order valence-corrected chi connectivity index (χ4v) is 4.23. The van der Waals surface area contributed by atoms with Crippen LogP contribution in [0, 0.1) is 29.1 Å². The molecule has 20 heavy (non-hydrogen) atoms. The van der Waals surface area contributed by atoms with Gasteiger partial charge in [-0.05, 0) is 74.4 Å². The summed E-state index contributed by atoms with van der Waals surface area (Å²) in [6.45, 7) is 15.8. The monoisotopic (exact) mass is 280 g/mol. The summed E-state index contributed by atoms with van der Waals surface area (Å²) in [7, 11) is 0. The number of hydrogen-bond donors (Lipinski definition) is 2. The Kier molecular flexibility index (Phi) is 5.53. The molecule has 2 fully saturated rings. The van der Waals surface area contributed by atoms with E-state index >= 15 is 0 Å². The molecule has 2 saturated heterocycles. The molecule has 0 unspecified atom stereocenters. The van der Waals surface area contributed by atoms with Crippen LogP contribution in [-0.2, 0) is 0 Å². The molecule has 2 aliphatic heterocycles. The third kappa shape index (κ3) is 4.21. The maximum atomic E-state index is 3.84. The van der Waals surface area contributed by atoms with Crippen molar-refractivity contribution in [3.05, 3.63) is 0 Å². The molecule has 0 spiro atoms. The SMILES string of the molecule is CC(C)[C@H]1CC[C@H](CC(C)(C)[C@@H]2CNC[C@@H](C)C2)NC1. The molecular formula is C18H36N2. The Labute approximate surface area is 126 Å².